The Kier molecular flexibility index (Phi) is 6.13. The Morgan fingerprint density at radius 2 is 1.29 bits per heavy atom. The van der Waals surface area contributed by atoms with Crippen molar-refractivity contribution >= 4 is 35.3 Å². The number of benzene rings is 3. The largest absolute Gasteiger partial charge is 0.143 e. The topological polar surface area (TPSA) is 0 Å². The van der Waals surface area contributed by atoms with E-state index in [1.165, 1.54) is 42.4 Å². The first kappa shape index (κ1) is 22.4. The number of fused-ring (bicyclic) bond motifs is 7. The lowest BCUT2D eigenvalue weighted by atomic mass is 9.96. The number of hydrogen-bond donors (Lipinski definition) is 0. The first-order valence-corrected chi connectivity index (χ1v) is 15.6. The maximum atomic E-state index is 2.52. The molecule has 0 spiro atoms. The Labute approximate surface area is 222 Å². The lowest BCUT2D eigenvalue weighted by molar-refractivity contribution is 0.822. The fourth-order valence-corrected chi connectivity index (χ4v) is 11.8. The van der Waals surface area contributed by atoms with Gasteiger partial charge < -0.3 is 0 Å². The number of hydrogen-bond acceptors (Lipinski definition) is 3. The van der Waals surface area contributed by atoms with Crippen LogP contribution >= 0.6 is 35.3 Å². The number of allylic oxidation sites excluding steroid dienone is 4. The zero-order valence-corrected chi connectivity index (χ0v) is 22.3. The molecule has 0 aromatic heterocycles. The standard InChI is InChI=1S/C32H30S3/c1-3-7-21(8-4-1)11-13-23-15-17-25-27(19-23)33-31-29(25)35-30-26-18-16-24(20-28(26)34-32(30)31)14-12-22-9-5-2-6-10-22/h1-5,7-9,15-20,29-32H,6,10-14H2. The molecule has 1 saturated heterocycles. The maximum Gasteiger partial charge on any atom is 0.0448 e. The van der Waals surface area contributed by atoms with E-state index in [4.69, 9.17) is 0 Å². The second kappa shape index (κ2) is 9.57. The van der Waals surface area contributed by atoms with Crippen LogP contribution in [0.15, 0.2) is 100 Å². The zero-order chi connectivity index (χ0) is 23.2. The van der Waals surface area contributed by atoms with Gasteiger partial charge in [0.1, 0.15) is 0 Å². The van der Waals surface area contributed by atoms with E-state index in [2.05, 4.69) is 120 Å². The fourth-order valence-electron chi connectivity index (χ4n) is 5.95. The molecule has 0 bridgehead atoms. The third-order valence-corrected chi connectivity index (χ3v) is 13.0. The normalized spacial score (nSPS) is 25.7. The SMILES string of the molecule is C1=CCCC(CCc2ccc3c(c2)SC2C3SC3c4ccc(CCc5ccccc5)cc4SC32)=C1. The Morgan fingerprint density at radius 3 is 1.91 bits per heavy atom. The molecule has 3 aromatic rings. The summed E-state index contributed by atoms with van der Waals surface area (Å²) in [7, 11) is 0. The number of aryl methyl sites for hydroxylation is 3. The molecule has 3 aliphatic heterocycles. The highest BCUT2D eigenvalue weighted by Crippen LogP contribution is 2.70. The minimum atomic E-state index is 0.653. The molecule has 3 heteroatoms. The van der Waals surface area contributed by atoms with Crippen LogP contribution in [0.3, 0.4) is 0 Å². The highest BCUT2D eigenvalue weighted by Gasteiger charge is 2.53. The van der Waals surface area contributed by atoms with Crippen molar-refractivity contribution in [3.8, 4) is 0 Å². The van der Waals surface area contributed by atoms with Crippen molar-refractivity contribution in [1.29, 1.82) is 0 Å². The fraction of sp³-hybridized carbons (Fsp3) is 0.312. The van der Waals surface area contributed by atoms with Gasteiger partial charge in [-0.2, -0.15) is 0 Å². The lowest BCUT2D eigenvalue weighted by Gasteiger charge is -2.14. The molecule has 1 fully saturated rings. The first-order chi connectivity index (χ1) is 17.3. The first-order valence-electron chi connectivity index (χ1n) is 12.9. The van der Waals surface area contributed by atoms with E-state index in [-0.39, 0.29) is 0 Å². The van der Waals surface area contributed by atoms with E-state index in [1.807, 2.05) is 0 Å². The summed E-state index contributed by atoms with van der Waals surface area (Å²) in [5.41, 5.74) is 9.23. The molecule has 0 N–H and O–H groups in total. The number of thioether (sulfide) groups is 3. The smallest absolute Gasteiger partial charge is 0.0448 e. The van der Waals surface area contributed by atoms with Crippen molar-refractivity contribution in [2.75, 3.05) is 0 Å². The molecule has 4 atom stereocenters. The van der Waals surface area contributed by atoms with Crippen LogP contribution in [-0.2, 0) is 19.3 Å². The van der Waals surface area contributed by atoms with Crippen LogP contribution < -0.4 is 0 Å². The summed E-state index contributed by atoms with van der Waals surface area (Å²) in [5, 5.41) is 2.71. The molecule has 0 nitrogen and oxygen atoms in total. The highest BCUT2D eigenvalue weighted by atomic mass is 32.2. The summed E-state index contributed by atoms with van der Waals surface area (Å²) in [5.74, 6) is 0. The van der Waals surface area contributed by atoms with Gasteiger partial charge in [-0.3, -0.25) is 0 Å². The molecule has 35 heavy (non-hydrogen) atoms. The van der Waals surface area contributed by atoms with Crippen LogP contribution in [0, 0.1) is 0 Å². The van der Waals surface area contributed by atoms with Gasteiger partial charge >= 0.3 is 0 Å². The summed E-state index contributed by atoms with van der Waals surface area (Å²) in [6.07, 6.45) is 13.9. The van der Waals surface area contributed by atoms with Crippen LogP contribution in [0.5, 0.6) is 0 Å². The van der Waals surface area contributed by atoms with Gasteiger partial charge in [-0.1, -0.05) is 78.4 Å². The Morgan fingerprint density at radius 1 is 0.657 bits per heavy atom. The second-order valence-corrected chi connectivity index (χ2v) is 13.9. The van der Waals surface area contributed by atoms with Gasteiger partial charge in [0.15, 0.2) is 0 Å². The van der Waals surface area contributed by atoms with E-state index < -0.39 is 0 Å². The average Bonchev–Trinajstić information content (AvgIpc) is 3.55. The van der Waals surface area contributed by atoms with Crippen LogP contribution in [0.25, 0.3) is 0 Å². The monoisotopic (exact) mass is 510 g/mol. The minimum Gasteiger partial charge on any atom is -0.143 e. The summed E-state index contributed by atoms with van der Waals surface area (Å²) >= 11 is 6.58. The summed E-state index contributed by atoms with van der Waals surface area (Å²) in [6, 6.07) is 25.6. The van der Waals surface area contributed by atoms with Gasteiger partial charge in [-0.25, -0.2) is 0 Å². The summed E-state index contributed by atoms with van der Waals surface area (Å²) in [6.45, 7) is 0. The minimum absolute atomic E-state index is 0.653. The van der Waals surface area contributed by atoms with E-state index in [0.29, 0.717) is 21.0 Å². The predicted molar refractivity (Wildman–Crippen MR) is 154 cm³/mol. The van der Waals surface area contributed by atoms with E-state index in [0.717, 1.165) is 12.8 Å². The molecule has 0 radical (unpaired) electrons. The zero-order valence-electron chi connectivity index (χ0n) is 19.9. The maximum absolute atomic E-state index is 2.52. The molecule has 1 aliphatic carbocycles. The Balaban J connectivity index is 1.03. The quantitative estimate of drug-likeness (QED) is 0.324. The lowest BCUT2D eigenvalue weighted by Crippen LogP contribution is -2.14. The highest BCUT2D eigenvalue weighted by molar-refractivity contribution is 8.09. The summed E-state index contributed by atoms with van der Waals surface area (Å²) in [4.78, 5) is 3.10. The molecule has 4 aliphatic rings. The van der Waals surface area contributed by atoms with Crippen LogP contribution in [0.2, 0.25) is 0 Å². The van der Waals surface area contributed by atoms with Gasteiger partial charge in [-0.15, -0.1) is 35.3 Å². The van der Waals surface area contributed by atoms with Crippen molar-refractivity contribution < 1.29 is 0 Å². The molecule has 0 saturated carbocycles. The van der Waals surface area contributed by atoms with Crippen LogP contribution in [-0.4, -0.2) is 10.5 Å². The molecule has 7 rings (SSSR count). The van der Waals surface area contributed by atoms with Crippen molar-refractivity contribution in [3.05, 3.63) is 118 Å². The van der Waals surface area contributed by atoms with Gasteiger partial charge in [-0.05, 0) is 78.5 Å². The van der Waals surface area contributed by atoms with Gasteiger partial charge in [0.25, 0.3) is 0 Å². The molecule has 4 unspecified atom stereocenters. The van der Waals surface area contributed by atoms with Crippen LogP contribution in [0.4, 0.5) is 0 Å². The Hall–Kier alpha value is -1.81. The molecular weight excluding hydrogens is 481 g/mol. The molecule has 3 heterocycles. The van der Waals surface area contributed by atoms with Crippen LogP contribution in [0.1, 0.15) is 57.6 Å². The third-order valence-electron chi connectivity index (χ3n) is 7.89. The summed E-state index contributed by atoms with van der Waals surface area (Å²) < 4.78 is 0. The number of rotatable bonds is 6. The third kappa shape index (κ3) is 4.34. The second-order valence-electron chi connectivity index (χ2n) is 10.2. The van der Waals surface area contributed by atoms with Gasteiger partial charge in [0, 0.05) is 30.8 Å². The predicted octanol–water partition coefficient (Wildman–Crippen LogP) is 9.16. The van der Waals surface area contributed by atoms with Crippen molar-refractivity contribution in [2.45, 2.75) is 69.3 Å². The molecule has 176 valence electrons. The van der Waals surface area contributed by atoms with Crippen molar-refractivity contribution in [2.24, 2.45) is 0 Å². The van der Waals surface area contributed by atoms with E-state index >= 15 is 0 Å². The van der Waals surface area contributed by atoms with Gasteiger partial charge in [0.05, 0.1) is 0 Å². The average molecular weight is 511 g/mol. The van der Waals surface area contributed by atoms with Crippen molar-refractivity contribution in [3.63, 3.8) is 0 Å². The molecule has 0 amide bonds. The molecular formula is C32H30S3. The van der Waals surface area contributed by atoms with E-state index in [9.17, 15) is 0 Å². The van der Waals surface area contributed by atoms with E-state index in [1.54, 1.807) is 26.5 Å². The van der Waals surface area contributed by atoms with Crippen molar-refractivity contribution in [1.82, 2.24) is 0 Å². The van der Waals surface area contributed by atoms with Gasteiger partial charge in [0.2, 0.25) is 0 Å². The Bertz CT molecular complexity index is 1310. The molecule has 3 aromatic carbocycles.